The molecule has 2 aromatic rings. The van der Waals surface area contributed by atoms with Crippen LogP contribution in [0, 0.1) is 20.8 Å². The highest BCUT2D eigenvalue weighted by Gasteiger charge is 2.14. The molecule has 1 aromatic carbocycles. The van der Waals surface area contributed by atoms with E-state index < -0.39 is 0 Å². The van der Waals surface area contributed by atoms with Crippen LogP contribution < -0.4 is 5.32 Å². The Morgan fingerprint density at radius 1 is 1.28 bits per heavy atom. The van der Waals surface area contributed by atoms with Crippen molar-refractivity contribution in [1.29, 1.82) is 0 Å². The van der Waals surface area contributed by atoms with Crippen LogP contribution >= 0.6 is 11.3 Å². The van der Waals surface area contributed by atoms with E-state index in [1.54, 1.807) is 11.3 Å². The molecule has 3 nitrogen and oxygen atoms in total. The number of rotatable bonds is 4. The van der Waals surface area contributed by atoms with Gasteiger partial charge >= 0.3 is 0 Å². The van der Waals surface area contributed by atoms with Crippen LogP contribution in [-0.4, -0.2) is 11.3 Å². The number of hydrogen-bond acceptors (Lipinski definition) is 4. The third kappa shape index (κ3) is 2.59. The van der Waals surface area contributed by atoms with Gasteiger partial charge in [-0.05, 0) is 31.9 Å². The van der Waals surface area contributed by atoms with Gasteiger partial charge in [-0.1, -0.05) is 24.3 Å². The van der Waals surface area contributed by atoms with Gasteiger partial charge in [0, 0.05) is 4.88 Å². The molecule has 2 rings (SSSR count). The van der Waals surface area contributed by atoms with Crippen molar-refractivity contribution >= 4 is 22.8 Å². The Morgan fingerprint density at radius 2 is 2.00 bits per heavy atom. The second kappa shape index (κ2) is 5.31. The zero-order chi connectivity index (χ0) is 13.1. The van der Waals surface area contributed by atoms with E-state index >= 15 is 0 Å². The summed E-state index contributed by atoms with van der Waals surface area (Å²) in [5.74, 6) is 0. The standard InChI is InChI=1S/C14H16N2OS/c1-9-6-4-5-7-12(9)13(8-17)16-14-15-10(2)11(3)18-14/h4-8,13H,1-3H3,(H,15,16). The molecule has 0 aliphatic carbocycles. The van der Waals surface area contributed by atoms with E-state index in [-0.39, 0.29) is 6.04 Å². The highest BCUT2D eigenvalue weighted by Crippen LogP contribution is 2.26. The number of aromatic nitrogens is 1. The number of carbonyl (C=O) groups is 1. The molecule has 94 valence electrons. The van der Waals surface area contributed by atoms with Gasteiger partial charge in [-0.3, -0.25) is 0 Å². The number of aryl methyl sites for hydroxylation is 3. The van der Waals surface area contributed by atoms with Gasteiger partial charge in [0.05, 0.1) is 5.69 Å². The molecule has 0 amide bonds. The molecule has 0 saturated heterocycles. The fourth-order valence-electron chi connectivity index (χ4n) is 1.79. The second-order valence-corrected chi connectivity index (χ2v) is 5.48. The first-order valence-electron chi connectivity index (χ1n) is 5.83. The molecule has 1 heterocycles. The lowest BCUT2D eigenvalue weighted by Crippen LogP contribution is -2.13. The second-order valence-electron chi connectivity index (χ2n) is 4.28. The smallest absolute Gasteiger partial charge is 0.183 e. The summed E-state index contributed by atoms with van der Waals surface area (Å²) in [6.07, 6.45) is 0.925. The molecule has 4 heteroatoms. The molecule has 0 radical (unpaired) electrons. The number of benzene rings is 1. The number of aldehydes is 1. The van der Waals surface area contributed by atoms with Crippen molar-refractivity contribution in [3.63, 3.8) is 0 Å². The van der Waals surface area contributed by atoms with Crippen LogP contribution in [0.2, 0.25) is 0 Å². The number of nitrogens with one attached hydrogen (secondary N) is 1. The van der Waals surface area contributed by atoms with Gasteiger partial charge in [0.25, 0.3) is 0 Å². The van der Waals surface area contributed by atoms with Gasteiger partial charge in [-0.15, -0.1) is 11.3 Å². The van der Waals surface area contributed by atoms with Gasteiger partial charge in [-0.25, -0.2) is 4.98 Å². The van der Waals surface area contributed by atoms with Crippen LogP contribution in [0.4, 0.5) is 5.13 Å². The van der Waals surface area contributed by atoms with Crippen molar-refractivity contribution in [2.24, 2.45) is 0 Å². The molecular formula is C14H16N2OS. The molecule has 0 spiro atoms. The molecule has 1 N–H and O–H groups in total. The first-order valence-corrected chi connectivity index (χ1v) is 6.65. The maximum absolute atomic E-state index is 11.3. The van der Waals surface area contributed by atoms with Crippen molar-refractivity contribution in [2.75, 3.05) is 5.32 Å². The predicted molar refractivity (Wildman–Crippen MR) is 75.2 cm³/mol. The molecule has 0 bridgehead atoms. The Morgan fingerprint density at radius 3 is 2.56 bits per heavy atom. The normalized spacial score (nSPS) is 12.2. The summed E-state index contributed by atoms with van der Waals surface area (Å²) in [5.41, 5.74) is 3.11. The zero-order valence-electron chi connectivity index (χ0n) is 10.7. The highest BCUT2D eigenvalue weighted by molar-refractivity contribution is 7.15. The summed E-state index contributed by atoms with van der Waals surface area (Å²) in [4.78, 5) is 16.8. The molecule has 0 fully saturated rings. The lowest BCUT2D eigenvalue weighted by Gasteiger charge is -2.14. The topological polar surface area (TPSA) is 42.0 Å². The van der Waals surface area contributed by atoms with Crippen molar-refractivity contribution in [3.8, 4) is 0 Å². The van der Waals surface area contributed by atoms with Crippen LogP contribution in [0.25, 0.3) is 0 Å². The summed E-state index contributed by atoms with van der Waals surface area (Å²) >= 11 is 1.58. The number of hydrogen-bond donors (Lipinski definition) is 1. The van der Waals surface area contributed by atoms with Gasteiger partial charge in [0.2, 0.25) is 0 Å². The van der Waals surface area contributed by atoms with Crippen LogP contribution in [0.15, 0.2) is 24.3 Å². The predicted octanol–water partition coefficient (Wildman–Crippen LogP) is 3.42. The Balaban J connectivity index is 2.25. The monoisotopic (exact) mass is 260 g/mol. The first-order chi connectivity index (χ1) is 8.61. The van der Waals surface area contributed by atoms with Crippen LogP contribution in [0.1, 0.15) is 27.7 Å². The molecule has 1 aromatic heterocycles. The van der Waals surface area contributed by atoms with E-state index in [0.717, 1.165) is 28.2 Å². The maximum Gasteiger partial charge on any atom is 0.183 e. The molecule has 0 aliphatic rings. The van der Waals surface area contributed by atoms with Crippen LogP contribution in [0.3, 0.4) is 0 Å². The molecular weight excluding hydrogens is 244 g/mol. The van der Waals surface area contributed by atoms with Crippen molar-refractivity contribution < 1.29 is 4.79 Å². The van der Waals surface area contributed by atoms with Gasteiger partial charge in [0.15, 0.2) is 5.13 Å². The summed E-state index contributed by atoms with van der Waals surface area (Å²) in [5, 5.41) is 3.98. The van der Waals surface area contributed by atoms with E-state index in [9.17, 15) is 4.79 Å². The van der Waals surface area contributed by atoms with E-state index in [4.69, 9.17) is 0 Å². The number of anilines is 1. The van der Waals surface area contributed by atoms with Crippen molar-refractivity contribution in [3.05, 3.63) is 46.0 Å². The summed E-state index contributed by atoms with van der Waals surface area (Å²) in [7, 11) is 0. The Kier molecular flexibility index (Phi) is 3.77. The van der Waals surface area contributed by atoms with E-state index in [1.165, 1.54) is 4.88 Å². The fraction of sp³-hybridized carbons (Fsp3) is 0.286. The minimum atomic E-state index is -0.337. The molecule has 18 heavy (non-hydrogen) atoms. The minimum absolute atomic E-state index is 0.337. The Hall–Kier alpha value is -1.68. The van der Waals surface area contributed by atoms with Gasteiger partial charge in [0.1, 0.15) is 12.3 Å². The van der Waals surface area contributed by atoms with E-state index in [0.29, 0.717) is 0 Å². The molecule has 0 aliphatic heterocycles. The molecule has 1 unspecified atom stereocenters. The minimum Gasteiger partial charge on any atom is -0.348 e. The highest BCUT2D eigenvalue weighted by atomic mass is 32.1. The lowest BCUT2D eigenvalue weighted by molar-refractivity contribution is -0.108. The van der Waals surface area contributed by atoms with E-state index in [1.807, 2.05) is 45.0 Å². The largest absolute Gasteiger partial charge is 0.348 e. The van der Waals surface area contributed by atoms with E-state index in [2.05, 4.69) is 10.3 Å². The third-order valence-corrected chi connectivity index (χ3v) is 3.97. The van der Waals surface area contributed by atoms with Gasteiger partial charge < -0.3 is 10.1 Å². The number of thiazole rings is 1. The number of carbonyl (C=O) groups excluding carboxylic acids is 1. The average molecular weight is 260 g/mol. The van der Waals surface area contributed by atoms with Crippen molar-refractivity contribution in [1.82, 2.24) is 4.98 Å². The summed E-state index contributed by atoms with van der Waals surface area (Å²) in [6.45, 7) is 6.01. The van der Waals surface area contributed by atoms with Crippen LogP contribution in [0.5, 0.6) is 0 Å². The van der Waals surface area contributed by atoms with Crippen molar-refractivity contribution in [2.45, 2.75) is 26.8 Å². The SMILES string of the molecule is Cc1ccccc1C(C=O)Nc1nc(C)c(C)s1. The van der Waals surface area contributed by atoms with Crippen LogP contribution in [-0.2, 0) is 4.79 Å². The Labute approximate surface area is 111 Å². The summed E-state index contributed by atoms with van der Waals surface area (Å²) < 4.78 is 0. The summed E-state index contributed by atoms with van der Waals surface area (Å²) in [6, 6.07) is 7.55. The third-order valence-electron chi connectivity index (χ3n) is 2.97. The first kappa shape index (κ1) is 12.8. The molecule has 1 atom stereocenters. The average Bonchev–Trinajstić information content (AvgIpc) is 2.66. The van der Waals surface area contributed by atoms with Gasteiger partial charge in [-0.2, -0.15) is 0 Å². The Bertz CT molecular complexity index is 543. The molecule has 0 saturated carbocycles. The lowest BCUT2D eigenvalue weighted by atomic mass is 10.0. The zero-order valence-corrected chi connectivity index (χ0v) is 11.5. The fourth-order valence-corrected chi connectivity index (χ4v) is 2.64. The number of nitrogens with zero attached hydrogens (tertiary/aromatic N) is 1. The maximum atomic E-state index is 11.3. The quantitative estimate of drug-likeness (QED) is 0.856.